The van der Waals surface area contributed by atoms with Gasteiger partial charge < -0.3 is 5.32 Å². The van der Waals surface area contributed by atoms with Gasteiger partial charge in [0.1, 0.15) is 0 Å². The first-order valence-electron chi connectivity index (χ1n) is 10.7. The fraction of sp³-hybridized carbons (Fsp3) is 0.348. The average Bonchev–Trinajstić information content (AvgIpc) is 3.60. The van der Waals surface area contributed by atoms with Gasteiger partial charge in [0.05, 0.1) is 33.8 Å². The van der Waals surface area contributed by atoms with Crippen molar-refractivity contribution in [1.82, 2.24) is 25.0 Å². The molecule has 4 aromatic rings. The molecular formula is C23H25N5OS2. The van der Waals surface area contributed by atoms with Crippen LogP contribution in [0.25, 0.3) is 21.6 Å². The van der Waals surface area contributed by atoms with Crippen LogP contribution in [0.2, 0.25) is 0 Å². The van der Waals surface area contributed by atoms with Gasteiger partial charge in [-0.25, -0.2) is 9.67 Å². The monoisotopic (exact) mass is 451 g/mol. The zero-order valence-electron chi connectivity index (χ0n) is 17.5. The molecule has 1 aliphatic rings. The zero-order chi connectivity index (χ0) is 21.2. The first-order chi connectivity index (χ1) is 15.2. The number of rotatable bonds is 7. The maximum Gasteiger partial charge on any atom is 0.252 e. The lowest BCUT2D eigenvalue weighted by Gasteiger charge is -2.27. The number of nitrogens with one attached hydrogen (secondary N) is 1. The molecule has 1 saturated heterocycles. The molecule has 160 valence electrons. The van der Waals surface area contributed by atoms with E-state index in [1.165, 1.54) is 17.7 Å². The van der Waals surface area contributed by atoms with Crippen molar-refractivity contribution in [3.63, 3.8) is 0 Å². The fourth-order valence-corrected chi connectivity index (χ4v) is 5.79. The van der Waals surface area contributed by atoms with Gasteiger partial charge in [0.2, 0.25) is 0 Å². The second kappa shape index (κ2) is 8.90. The van der Waals surface area contributed by atoms with Crippen molar-refractivity contribution in [3.05, 3.63) is 57.7 Å². The Kier molecular flexibility index (Phi) is 5.85. The number of carbonyl (C=O) groups is 1. The summed E-state index contributed by atoms with van der Waals surface area (Å²) < 4.78 is 1.85. The highest BCUT2D eigenvalue weighted by Gasteiger charge is 2.25. The summed E-state index contributed by atoms with van der Waals surface area (Å²) in [7, 11) is 0. The number of aryl methyl sites for hydroxylation is 1. The van der Waals surface area contributed by atoms with E-state index < -0.39 is 0 Å². The summed E-state index contributed by atoms with van der Waals surface area (Å²) in [6, 6.07) is 10.4. The molecule has 1 fully saturated rings. The van der Waals surface area contributed by atoms with Crippen LogP contribution in [0.4, 0.5) is 0 Å². The Balaban J connectivity index is 1.45. The van der Waals surface area contributed by atoms with E-state index in [-0.39, 0.29) is 11.9 Å². The van der Waals surface area contributed by atoms with Crippen LogP contribution in [0.1, 0.15) is 41.0 Å². The summed E-state index contributed by atoms with van der Waals surface area (Å²) in [5.41, 5.74) is 2.21. The number of nitrogens with zero attached hydrogens (tertiary/aromatic N) is 4. The molecule has 0 radical (unpaired) electrons. The van der Waals surface area contributed by atoms with E-state index in [0.717, 1.165) is 34.7 Å². The van der Waals surface area contributed by atoms with Crippen LogP contribution in [-0.2, 0) is 6.54 Å². The van der Waals surface area contributed by atoms with E-state index in [1.54, 1.807) is 28.9 Å². The summed E-state index contributed by atoms with van der Waals surface area (Å²) >= 11 is 3.39. The Morgan fingerprint density at radius 3 is 2.71 bits per heavy atom. The van der Waals surface area contributed by atoms with Gasteiger partial charge in [-0.2, -0.15) is 5.10 Å². The molecule has 31 heavy (non-hydrogen) atoms. The molecule has 1 atom stereocenters. The largest absolute Gasteiger partial charge is 0.350 e. The quantitative estimate of drug-likeness (QED) is 0.438. The third kappa shape index (κ3) is 4.03. The summed E-state index contributed by atoms with van der Waals surface area (Å²) in [5, 5.41) is 12.6. The van der Waals surface area contributed by atoms with Crippen molar-refractivity contribution in [3.8, 4) is 10.6 Å². The average molecular weight is 452 g/mol. The van der Waals surface area contributed by atoms with Crippen molar-refractivity contribution in [2.45, 2.75) is 32.4 Å². The first-order valence-corrected chi connectivity index (χ1v) is 12.5. The minimum atomic E-state index is -0.0680. The van der Waals surface area contributed by atoms with Gasteiger partial charge in [0.15, 0.2) is 5.65 Å². The molecule has 1 aliphatic heterocycles. The Morgan fingerprint density at radius 1 is 1.19 bits per heavy atom. The van der Waals surface area contributed by atoms with Gasteiger partial charge in [0, 0.05) is 18.0 Å². The molecule has 8 heteroatoms. The van der Waals surface area contributed by atoms with E-state index in [0.29, 0.717) is 18.7 Å². The summed E-state index contributed by atoms with van der Waals surface area (Å²) in [4.78, 5) is 23.0. The molecule has 0 bridgehead atoms. The predicted molar refractivity (Wildman–Crippen MR) is 127 cm³/mol. The molecule has 1 amide bonds. The predicted octanol–water partition coefficient (Wildman–Crippen LogP) is 4.81. The second-order valence-corrected chi connectivity index (χ2v) is 9.64. The molecular weight excluding hydrogens is 426 g/mol. The Hall–Kier alpha value is -2.55. The number of amides is 1. The van der Waals surface area contributed by atoms with Crippen LogP contribution in [0.3, 0.4) is 0 Å². The van der Waals surface area contributed by atoms with Gasteiger partial charge >= 0.3 is 0 Å². The highest BCUT2D eigenvalue weighted by Crippen LogP contribution is 2.30. The minimum Gasteiger partial charge on any atom is -0.350 e. The first kappa shape index (κ1) is 20.4. The van der Waals surface area contributed by atoms with Crippen molar-refractivity contribution in [2.75, 3.05) is 19.6 Å². The summed E-state index contributed by atoms with van der Waals surface area (Å²) in [6.07, 6.45) is 4.21. The van der Waals surface area contributed by atoms with E-state index in [4.69, 9.17) is 4.98 Å². The maximum absolute atomic E-state index is 13.4. The molecule has 0 aliphatic carbocycles. The molecule has 5 rings (SSSR count). The SMILES string of the molecule is CCn1ncc2c(C(=O)NCC(c3cccs3)N3CCCC3)cc(-c3cccs3)nc21. The maximum atomic E-state index is 13.4. The van der Waals surface area contributed by atoms with Crippen molar-refractivity contribution in [1.29, 1.82) is 0 Å². The van der Waals surface area contributed by atoms with Crippen molar-refractivity contribution < 1.29 is 4.79 Å². The van der Waals surface area contributed by atoms with Gasteiger partial charge in [-0.1, -0.05) is 12.1 Å². The summed E-state index contributed by atoms with van der Waals surface area (Å²) in [6.45, 7) is 5.51. The van der Waals surface area contributed by atoms with Gasteiger partial charge in [0.25, 0.3) is 5.91 Å². The van der Waals surface area contributed by atoms with Crippen LogP contribution in [0.5, 0.6) is 0 Å². The second-order valence-electron chi connectivity index (χ2n) is 7.71. The van der Waals surface area contributed by atoms with Crippen LogP contribution in [0, 0.1) is 0 Å². The third-order valence-corrected chi connectivity index (χ3v) is 7.70. The Labute approximate surface area is 189 Å². The van der Waals surface area contributed by atoms with Crippen LogP contribution >= 0.6 is 22.7 Å². The van der Waals surface area contributed by atoms with Crippen LogP contribution < -0.4 is 5.32 Å². The topological polar surface area (TPSA) is 63.1 Å². The lowest BCUT2D eigenvalue weighted by Crippen LogP contribution is -2.36. The highest BCUT2D eigenvalue weighted by atomic mass is 32.1. The van der Waals surface area contributed by atoms with Gasteiger partial charge in [-0.15, -0.1) is 22.7 Å². The number of aromatic nitrogens is 3. The van der Waals surface area contributed by atoms with Crippen LogP contribution in [-0.4, -0.2) is 45.2 Å². The number of hydrogen-bond donors (Lipinski definition) is 1. The minimum absolute atomic E-state index is 0.0680. The number of carbonyl (C=O) groups excluding carboxylic acids is 1. The van der Waals surface area contributed by atoms with Crippen molar-refractivity contribution >= 4 is 39.6 Å². The van der Waals surface area contributed by atoms with Gasteiger partial charge in [-0.3, -0.25) is 9.69 Å². The molecule has 1 unspecified atom stereocenters. The molecule has 4 aromatic heterocycles. The smallest absolute Gasteiger partial charge is 0.252 e. The van der Waals surface area contributed by atoms with E-state index in [2.05, 4.69) is 32.8 Å². The third-order valence-electron chi connectivity index (χ3n) is 5.84. The number of likely N-dealkylation sites (tertiary alicyclic amines) is 1. The number of fused-ring (bicyclic) bond motifs is 1. The Bertz CT molecular complexity index is 1160. The van der Waals surface area contributed by atoms with Crippen molar-refractivity contribution in [2.24, 2.45) is 0 Å². The van der Waals surface area contributed by atoms with E-state index >= 15 is 0 Å². The molecule has 5 heterocycles. The molecule has 0 spiro atoms. The molecule has 0 saturated carbocycles. The summed E-state index contributed by atoms with van der Waals surface area (Å²) in [5.74, 6) is -0.0680. The van der Waals surface area contributed by atoms with Gasteiger partial charge in [-0.05, 0) is 61.8 Å². The highest BCUT2D eigenvalue weighted by molar-refractivity contribution is 7.13. The number of pyridine rings is 1. The normalized spacial score (nSPS) is 15.5. The fourth-order valence-electron chi connectivity index (χ4n) is 4.25. The molecule has 6 nitrogen and oxygen atoms in total. The standard InChI is InChI=1S/C23H25N5OS2/c1-2-28-22-17(14-25-28)16(13-18(26-22)20-7-5-11-30-20)23(29)24-15-19(21-8-6-12-31-21)27-9-3-4-10-27/h5-8,11-14,19H,2-4,9-10,15H2,1H3,(H,24,29). The van der Waals surface area contributed by atoms with E-state index in [9.17, 15) is 4.79 Å². The Morgan fingerprint density at radius 2 is 2.00 bits per heavy atom. The lowest BCUT2D eigenvalue weighted by molar-refractivity contribution is 0.0940. The molecule has 0 aromatic carbocycles. The van der Waals surface area contributed by atoms with Crippen LogP contribution in [0.15, 0.2) is 47.3 Å². The molecule has 1 N–H and O–H groups in total. The zero-order valence-corrected chi connectivity index (χ0v) is 19.1. The number of thiophene rings is 2. The number of hydrogen-bond acceptors (Lipinski definition) is 6. The van der Waals surface area contributed by atoms with E-state index in [1.807, 2.05) is 35.2 Å². The lowest BCUT2D eigenvalue weighted by atomic mass is 10.1.